The van der Waals surface area contributed by atoms with Crippen LogP contribution in [0.15, 0.2) is 42.5 Å². The summed E-state index contributed by atoms with van der Waals surface area (Å²) in [5, 5.41) is 3.41. The molecular weight excluding hydrogens is 324 g/mol. The molecule has 2 aromatic carbocycles. The van der Waals surface area contributed by atoms with E-state index in [4.69, 9.17) is 11.6 Å². The van der Waals surface area contributed by atoms with E-state index in [-0.39, 0.29) is 24.2 Å². The number of para-hydroxylation sites is 1. The average Bonchev–Trinajstić information content (AvgIpc) is 2.89. The predicted molar refractivity (Wildman–Crippen MR) is 96.5 cm³/mol. The fourth-order valence-electron chi connectivity index (χ4n) is 3.14. The predicted octanol–water partition coefficient (Wildman–Crippen LogP) is 3.95. The zero-order valence-corrected chi connectivity index (χ0v) is 14.4. The highest BCUT2D eigenvalue weighted by atomic mass is 35.5. The molecule has 0 aliphatic carbocycles. The van der Waals surface area contributed by atoms with Crippen molar-refractivity contribution in [2.45, 2.75) is 20.3 Å². The number of hydrogen-bond donors (Lipinski definition) is 1. The normalized spacial score (nSPS) is 17.2. The number of nitrogens with one attached hydrogen (secondary N) is 1. The van der Waals surface area contributed by atoms with E-state index in [1.807, 2.05) is 32.0 Å². The molecule has 2 aromatic rings. The Morgan fingerprint density at radius 2 is 1.83 bits per heavy atom. The van der Waals surface area contributed by atoms with Crippen LogP contribution in [0, 0.1) is 19.8 Å². The van der Waals surface area contributed by atoms with Crippen molar-refractivity contribution in [2.24, 2.45) is 5.92 Å². The van der Waals surface area contributed by atoms with Crippen molar-refractivity contribution in [1.82, 2.24) is 0 Å². The molecule has 3 rings (SSSR count). The van der Waals surface area contributed by atoms with Crippen LogP contribution in [0.5, 0.6) is 0 Å². The first-order valence-corrected chi connectivity index (χ1v) is 8.26. The molecule has 2 amide bonds. The smallest absolute Gasteiger partial charge is 0.229 e. The van der Waals surface area contributed by atoms with Gasteiger partial charge in [0.2, 0.25) is 11.8 Å². The first kappa shape index (κ1) is 16.5. The number of benzene rings is 2. The molecule has 1 saturated heterocycles. The van der Waals surface area contributed by atoms with E-state index in [1.165, 1.54) is 0 Å². The zero-order chi connectivity index (χ0) is 17.3. The Bertz CT molecular complexity index is 783. The van der Waals surface area contributed by atoms with Gasteiger partial charge in [-0.05, 0) is 43.2 Å². The van der Waals surface area contributed by atoms with E-state index < -0.39 is 0 Å². The third-order valence-electron chi connectivity index (χ3n) is 4.30. The number of nitrogens with zero attached hydrogens (tertiary/aromatic N) is 1. The van der Waals surface area contributed by atoms with Gasteiger partial charge in [0.1, 0.15) is 0 Å². The Morgan fingerprint density at radius 3 is 2.50 bits per heavy atom. The van der Waals surface area contributed by atoms with E-state index in [0.29, 0.717) is 17.3 Å². The average molecular weight is 343 g/mol. The van der Waals surface area contributed by atoms with E-state index in [0.717, 1.165) is 16.8 Å². The van der Waals surface area contributed by atoms with Crippen molar-refractivity contribution in [2.75, 3.05) is 16.8 Å². The molecule has 5 heteroatoms. The first-order valence-electron chi connectivity index (χ1n) is 7.88. The molecule has 0 saturated carbocycles. The third kappa shape index (κ3) is 3.29. The van der Waals surface area contributed by atoms with Crippen LogP contribution < -0.4 is 10.2 Å². The van der Waals surface area contributed by atoms with Crippen LogP contribution in [-0.4, -0.2) is 18.4 Å². The molecule has 124 valence electrons. The molecule has 0 aromatic heterocycles. The number of carbonyl (C=O) groups is 2. The van der Waals surface area contributed by atoms with E-state index >= 15 is 0 Å². The Morgan fingerprint density at radius 1 is 1.17 bits per heavy atom. The van der Waals surface area contributed by atoms with Gasteiger partial charge in [0.15, 0.2) is 0 Å². The Hall–Kier alpha value is -2.33. The molecule has 1 N–H and O–H groups in total. The summed E-state index contributed by atoms with van der Waals surface area (Å²) in [6.07, 6.45) is 0.222. The second-order valence-electron chi connectivity index (χ2n) is 6.15. The van der Waals surface area contributed by atoms with E-state index in [2.05, 4.69) is 5.32 Å². The maximum absolute atomic E-state index is 12.5. The minimum atomic E-state index is -0.365. The number of hydrogen-bond acceptors (Lipinski definition) is 2. The topological polar surface area (TPSA) is 49.4 Å². The van der Waals surface area contributed by atoms with Crippen molar-refractivity contribution in [3.05, 3.63) is 58.6 Å². The highest BCUT2D eigenvalue weighted by Gasteiger charge is 2.36. The summed E-state index contributed by atoms with van der Waals surface area (Å²) in [6.45, 7) is 4.36. The molecule has 24 heavy (non-hydrogen) atoms. The van der Waals surface area contributed by atoms with Crippen molar-refractivity contribution in [3.8, 4) is 0 Å². The van der Waals surface area contributed by atoms with Gasteiger partial charge in [-0.3, -0.25) is 9.59 Å². The largest absolute Gasteiger partial charge is 0.326 e. The van der Waals surface area contributed by atoms with Gasteiger partial charge in [-0.15, -0.1) is 0 Å². The fourth-order valence-corrected chi connectivity index (χ4v) is 3.33. The van der Waals surface area contributed by atoms with Crippen LogP contribution in [-0.2, 0) is 9.59 Å². The lowest BCUT2D eigenvalue weighted by Gasteiger charge is -2.21. The quantitative estimate of drug-likeness (QED) is 0.918. The van der Waals surface area contributed by atoms with Crippen molar-refractivity contribution < 1.29 is 9.59 Å². The monoisotopic (exact) mass is 342 g/mol. The van der Waals surface area contributed by atoms with Crippen LogP contribution in [0.2, 0.25) is 5.02 Å². The number of rotatable bonds is 3. The Labute approximate surface area is 146 Å². The van der Waals surface area contributed by atoms with Crippen molar-refractivity contribution in [1.29, 1.82) is 0 Å². The summed E-state index contributed by atoms with van der Waals surface area (Å²) >= 11 is 5.94. The molecule has 1 atom stereocenters. The molecule has 0 radical (unpaired) electrons. The lowest BCUT2D eigenvalue weighted by atomic mass is 10.1. The van der Waals surface area contributed by atoms with Gasteiger partial charge in [-0.1, -0.05) is 35.9 Å². The SMILES string of the molecule is Cc1cccc(C)c1N1C[C@H](C(=O)Nc2cccc(Cl)c2)CC1=O. The second-order valence-corrected chi connectivity index (χ2v) is 6.58. The molecule has 1 aliphatic heterocycles. The van der Waals surface area contributed by atoms with Gasteiger partial charge in [-0.25, -0.2) is 0 Å². The van der Waals surface area contributed by atoms with Gasteiger partial charge in [-0.2, -0.15) is 0 Å². The van der Waals surface area contributed by atoms with Gasteiger partial charge in [0.05, 0.1) is 5.92 Å². The van der Waals surface area contributed by atoms with Crippen molar-refractivity contribution in [3.63, 3.8) is 0 Å². The van der Waals surface area contributed by atoms with Crippen LogP contribution in [0.1, 0.15) is 17.5 Å². The van der Waals surface area contributed by atoms with Crippen molar-refractivity contribution >= 4 is 34.8 Å². The maximum Gasteiger partial charge on any atom is 0.229 e. The summed E-state index contributed by atoms with van der Waals surface area (Å²) in [7, 11) is 0. The van der Waals surface area contributed by atoms with Gasteiger partial charge >= 0.3 is 0 Å². The molecule has 1 aliphatic rings. The highest BCUT2D eigenvalue weighted by molar-refractivity contribution is 6.30. The Kier molecular flexibility index (Phi) is 4.58. The number of anilines is 2. The van der Waals surface area contributed by atoms with Crippen LogP contribution in [0.4, 0.5) is 11.4 Å². The zero-order valence-electron chi connectivity index (χ0n) is 13.7. The van der Waals surface area contributed by atoms with Crippen LogP contribution in [0.25, 0.3) is 0 Å². The lowest BCUT2D eigenvalue weighted by molar-refractivity contribution is -0.122. The minimum Gasteiger partial charge on any atom is -0.326 e. The molecule has 0 bridgehead atoms. The van der Waals surface area contributed by atoms with Crippen LogP contribution in [0.3, 0.4) is 0 Å². The number of amides is 2. The Balaban J connectivity index is 1.76. The minimum absolute atomic E-state index is 0.0151. The first-order chi connectivity index (χ1) is 11.5. The van der Waals surface area contributed by atoms with Gasteiger partial charge in [0.25, 0.3) is 0 Å². The molecule has 1 heterocycles. The second kappa shape index (κ2) is 6.65. The number of aryl methyl sites for hydroxylation is 2. The van der Waals surface area contributed by atoms with Gasteiger partial charge < -0.3 is 10.2 Å². The third-order valence-corrected chi connectivity index (χ3v) is 4.53. The molecule has 4 nitrogen and oxygen atoms in total. The lowest BCUT2D eigenvalue weighted by Crippen LogP contribution is -2.29. The summed E-state index contributed by atoms with van der Waals surface area (Å²) in [5.41, 5.74) is 3.64. The molecule has 1 fully saturated rings. The summed E-state index contributed by atoms with van der Waals surface area (Å²) in [5.74, 6) is -0.534. The summed E-state index contributed by atoms with van der Waals surface area (Å²) in [6, 6.07) is 12.9. The molecular formula is C19H19ClN2O2. The molecule has 0 spiro atoms. The van der Waals surface area contributed by atoms with E-state index in [1.54, 1.807) is 29.2 Å². The van der Waals surface area contributed by atoms with Crippen LogP contribution >= 0.6 is 11.6 Å². The van der Waals surface area contributed by atoms with E-state index in [9.17, 15) is 9.59 Å². The standard InChI is InChI=1S/C19H19ClN2O2/c1-12-5-3-6-13(2)18(12)22-11-14(9-17(22)23)19(24)21-16-8-4-7-15(20)10-16/h3-8,10,14H,9,11H2,1-2H3,(H,21,24)/t14-/m1/s1. The number of halogens is 1. The fraction of sp³-hybridized carbons (Fsp3) is 0.263. The number of carbonyl (C=O) groups excluding carboxylic acids is 2. The highest BCUT2D eigenvalue weighted by Crippen LogP contribution is 2.31. The molecule has 0 unspecified atom stereocenters. The summed E-state index contributed by atoms with van der Waals surface area (Å²) in [4.78, 5) is 26.6. The maximum atomic E-state index is 12.5. The van der Waals surface area contributed by atoms with Gasteiger partial charge in [0, 0.05) is 29.4 Å². The summed E-state index contributed by atoms with van der Waals surface area (Å²) < 4.78 is 0.